The molecule has 0 radical (unpaired) electrons. The second kappa shape index (κ2) is 8.08. The SMILES string of the molecule is Cc1noc(Cl)c1CC(=O)N1CCCC(CNC(=O)OC(C)(C)C)C1. The van der Waals surface area contributed by atoms with Gasteiger partial charge in [-0.2, -0.15) is 0 Å². The number of rotatable bonds is 4. The predicted molar refractivity (Wildman–Crippen MR) is 93.5 cm³/mol. The van der Waals surface area contributed by atoms with Crippen molar-refractivity contribution in [3.63, 3.8) is 0 Å². The van der Waals surface area contributed by atoms with Gasteiger partial charge in [-0.1, -0.05) is 5.16 Å². The van der Waals surface area contributed by atoms with Gasteiger partial charge < -0.3 is 19.5 Å². The molecular weight excluding hydrogens is 346 g/mol. The van der Waals surface area contributed by atoms with Crippen LogP contribution in [0.4, 0.5) is 4.79 Å². The van der Waals surface area contributed by atoms with Crippen LogP contribution in [0.15, 0.2) is 4.52 Å². The zero-order chi connectivity index (χ0) is 18.6. The van der Waals surface area contributed by atoms with E-state index in [-0.39, 0.29) is 23.5 Å². The number of carbonyl (C=O) groups excluding carboxylic acids is 2. The van der Waals surface area contributed by atoms with Crippen molar-refractivity contribution in [2.45, 2.75) is 52.6 Å². The molecule has 0 aliphatic carbocycles. The Balaban J connectivity index is 1.84. The van der Waals surface area contributed by atoms with E-state index >= 15 is 0 Å². The van der Waals surface area contributed by atoms with Gasteiger partial charge in [-0.15, -0.1) is 0 Å². The van der Waals surface area contributed by atoms with Gasteiger partial charge in [-0.3, -0.25) is 4.79 Å². The maximum Gasteiger partial charge on any atom is 0.407 e. The summed E-state index contributed by atoms with van der Waals surface area (Å²) < 4.78 is 10.1. The number of aryl methyl sites for hydroxylation is 1. The summed E-state index contributed by atoms with van der Waals surface area (Å²) in [5.41, 5.74) is 0.758. The van der Waals surface area contributed by atoms with Crippen molar-refractivity contribution < 1.29 is 18.8 Å². The van der Waals surface area contributed by atoms with Crippen LogP contribution in [-0.2, 0) is 16.0 Å². The van der Waals surface area contributed by atoms with Crippen LogP contribution in [0.1, 0.15) is 44.9 Å². The van der Waals surface area contributed by atoms with Crippen LogP contribution in [0.2, 0.25) is 5.22 Å². The van der Waals surface area contributed by atoms with Crippen molar-refractivity contribution in [1.82, 2.24) is 15.4 Å². The third kappa shape index (κ3) is 5.92. The van der Waals surface area contributed by atoms with Crippen LogP contribution >= 0.6 is 11.6 Å². The average Bonchev–Trinajstić information content (AvgIpc) is 2.83. The first-order chi connectivity index (χ1) is 11.7. The van der Waals surface area contributed by atoms with E-state index in [0.717, 1.165) is 12.8 Å². The van der Waals surface area contributed by atoms with Gasteiger partial charge >= 0.3 is 6.09 Å². The Hall–Kier alpha value is -1.76. The van der Waals surface area contributed by atoms with Crippen LogP contribution in [-0.4, -0.2) is 47.3 Å². The van der Waals surface area contributed by atoms with Crippen molar-refractivity contribution in [2.24, 2.45) is 5.92 Å². The smallest absolute Gasteiger partial charge is 0.407 e. The lowest BCUT2D eigenvalue weighted by molar-refractivity contribution is -0.132. The van der Waals surface area contributed by atoms with E-state index in [0.29, 0.717) is 30.9 Å². The van der Waals surface area contributed by atoms with Crippen LogP contribution in [0.25, 0.3) is 0 Å². The van der Waals surface area contributed by atoms with Crippen LogP contribution in [0.3, 0.4) is 0 Å². The topological polar surface area (TPSA) is 84.7 Å². The number of hydrogen-bond donors (Lipinski definition) is 1. The Bertz CT molecular complexity index is 604. The highest BCUT2D eigenvalue weighted by molar-refractivity contribution is 6.29. The number of aromatic nitrogens is 1. The van der Waals surface area contributed by atoms with Crippen LogP contribution in [0, 0.1) is 12.8 Å². The third-order valence-electron chi connectivity index (χ3n) is 4.07. The maximum atomic E-state index is 12.5. The number of alkyl carbamates (subject to hydrolysis) is 1. The highest BCUT2D eigenvalue weighted by Gasteiger charge is 2.26. The molecule has 1 atom stereocenters. The van der Waals surface area contributed by atoms with Gasteiger partial charge in [0.05, 0.1) is 12.1 Å². The Morgan fingerprint density at radius 2 is 2.16 bits per heavy atom. The third-order valence-corrected chi connectivity index (χ3v) is 4.37. The minimum Gasteiger partial charge on any atom is -0.444 e. The molecule has 2 amide bonds. The zero-order valence-corrected chi connectivity index (χ0v) is 16.0. The van der Waals surface area contributed by atoms with Gasteiger partial charge in [-0.05, 0) is 58.1 Å². The lowest BCUT2D eigenvalue weighted by atomic mass is 9.97. The molecular formula is C17H26ClN3O4. The Morgan fingerprint density at radius 3 is 2.76 bits per heavy atom. The summed E-state index contributed by atoms with van der Waals surface area (Å²) in [6.45, 7) is 9.05. The number of piperidine rings is 1. The van der Waals surface area contributed by atoms with E-state index in [1.807, 2.05) is 25.7 Å². The van der Waals surface area contributed by atoms with Crippen LogP contribution in [0.5, 0.6) is 0 Å². The number of halogens is 1. The van der Waals surface area contributed by atoms with E-state index in [1.54, 1.807) is 6.92 Å². The standard InChI is InChI=1S/C17H26ClN3O4/c1-11-13(15(18)25-20-11)8-14(22)21-7-5-6-12(10-21)9-19-16(23)24-17(2,3)4/h12H,5-10H2,1-4H3,(H,19,23). The fraction of sp³-hybridized carbons (Fsp3) is 0.706. The molecule has 1 aliphatic rings. The summed E-state index contributed by atoms with van der Waals surface area (Å²) in [5, 5.41) is 6.73. The fourth-order valence-corrected chi connectivity index (χ4v) is 3.06. The minimum atomic E-state index is -0.519. The van der Waals surface area contributed by atoms with E-state index < -0.39 is 11.7 Å². The Labute approximate surface area is 153 Å². The van der Waals surface area contributed by atoms with Crippen molar-refractivity contribution in [3.8, 4) is 0 Å². The summed E-state index contributed by atoms with van der Waals surface area (Å²) in [6.07, 6.45) is 1.62. The molecule has 1 aromatic heterocycles. The lowest BCUT2D eigenvalue weighted by Crippen LogP contribution is -2.45. The number of amides is 2. The van der Waals surface area contributed by atoms with Gasteiger partial charge in [0.15, 0.2) is 0 Å². The largest absolute Gasteiger partial charge is 0.444 e. The molecule has 0 saturated carbocycles. The molecule has 1 aromatic rings. The summed E-state index contributed by atoms with van der Waals surface area (Å²) >= 11 is 5.93. The molecule has 25 heavy (non-hydrogen) atoms. The molecule has 8 heteroatoms. The van der Waals surface area contributed by atoms with Crippen molar-refractivity contribution in [1.29, 1.82) is 0 Å². The molecule has 7 nitrogen and oxygen atoms in total. The van der Waals surface area contributed by atoms with Crippen LogP contribution < -0.4 is 5.32 Å². The number of nitrogens with zero attached hydrogens (tertiary/aromatic N) is 2. The number of likely N-dealkylation sites (tertiary alicyclic amines) is 1. The highest BCUT2D eigenvalue weighted by Crippen LogP contribution is 2.22. The fourth-order valence-electron chi connectivity index (χ4n) is 2.82. The molecule has 0 bridgehead atoms. The molecule has 1 aliphatic heterocycles. The summed E-state index contributed by atoms with van der Waals surface area (Å²) in [6, 6.07) is 0. The molecule has 1 fully saturated rings. The Morgan fingerprint density at radius 1 is 1.44 bits per heavy atom. The number of hydrogen-bond acceptors (Lipinski definition) is 5. The highest BCUT2D eigenvalue weighted by atomic mass is 35.5. The van der Waals surface area contributed by atoms with E-state index in [1.165, 1.54) is 0 Å². The molecule has 0 aromatic carbocycles. The quantitative estimate of drug-likeness (QED) is 0.879. The van der Waals surface area contributed by atoms with Crippen molar-refractivity contribution in [3.05, 3.63) is 16.5 Å². The normalized spacial score (nSPS) is 18.1. The predicted octanol–water partition coefficient (Wildman–Crippen LogP) is 2.94. The van der Waals surface area contributed by atoms with E-state index in [4.69, 9.17) is 20.9 Å². The first kappa shape index (κ1) is 19.6. The van der Waals surface area contributed by atoms with Gasteiger partial charge in [0.1, 0.15) is 5.60 Å². The minimum absolute atomic E-state index is 0.00447. The van der Waals surface area contributed by atoms with Gasteiger partial charge in [0, 0.05) is 25.2 Å². The lowest BCUT2D eigenvalue weighted by Gasteiger charge is -2.33. The summed E-state index contributed by atoms with van der Waals surface area (Å²) in [4.78, 5) is 26.1. The van der Waals surface area contributed by atoms with E-state index in [9.17, 15) is 9.59 Å². The molecule has 1 unspecified atom stereocenters. The monoisotopic (exact) mass is 371 g/mol. The second-order valence-corrected chi connectivity index (χ2v) is 7.77. The second-order valence-electron chi connectivity index (χ2n) is 7.43. The molecule has 140 valence electrons. The summed E-state index contributed by atoms with van der Waals surface area (Å²) in [7, 11) is 0. The molecule has 0 spiro atoms. The molecule has 1 saturated heterocycles. The molecule has 1 N–H and O–H groups in total. The van der Waals surface area contributed by atoms with Gasteiger partial charge in [0.25, 0.3) is 0 Å². The zero-order valence-electron chi connectivity index (χ0n) is 15.2. The molecule has 2 rings (SSSR count). The number of carbonyl (C=O) groups is 2. The molecule has 2 heterocycles. The number of ether oxygens (including phenoxy) is 1. The Kier molecular flexibility index (Phi) is 6.32. The van der Waals surface area contributed by atoms with Gasteiger partial charge in [0.2, 0.25) is 11.1 Å². The average molecular weight is 372 g/mol. The van der Waals surface area contributed by atoms with Crippen molar-refractivity contribution >= 4 is 23.6 Å². The van der Waals surface area contributed by atoms with Gasteiger partial charge in [-0.25, -0.2) is 4.79 Å². The van der Waals surface area contributed by atoms with Crippen molar-refractivity contribution in [2.75, 3.05) is 19.6 Å². The maximum absolute atomic E-state index is 12.5. The summed E-state index contributed by atoms with van der Waals surface area (Å²) in [5.74, 6) is 0.208. The van der Waals surface area contributed by atoms with E-state index in [2.05, 4.69) is 10.5 Å². The first-order valence-electron chi connectivity index (χ1n) is 8.51. The first-order valence-corrected chi connectivity index (χ1v) is 8.89. The number of nitrogens with one attached hydrogen (secondary N) is 1.